The predicted molar refractivity (Wildman–Crippen MR) is 76.2 cm³/mol. The second-order valence-corrected chi connectivity index (χ2v) is 5.15. The van der Waals surface area contributed by atoms with Gasteiger partial charge in [-0.1, -0.05) is 13.8 Å². The Bertz CT molecular complexity index is 387. The van der Waals surface area contributed by atoms with Crippen LogP contribution in [0.3, 0.4) is 0 Å². The topological polar surface area (TPSA) is 49.8 Å². The third-order valence-electron chi connectivity index (χ3n) is 3.25. The minimum Gasteiger partial charge on any atom is -0.370 e. The molecule has 0 saturated heterocycles. The zero-order valence-corrected chi connectivity index (χ0v) is 11.7. The van der Waals surface area contributed by atoms with E-state index in [0.29, 0.717) is 12.0 Å². The molecule has 0 bridgehead atoms. The molecule has 0 radical (unpaired) electrons. The van der Waals surface area contributed by atoms with Crippen molar-refractivity contribution in [2.75, 3.05) is 17.2 Å². The first-order valence-corrected chi connectivity index (χ1v) is 7.12. The minimum atomic E-state index is 0.450. The molecule has 1 unspecified atom stereocenters. The standard InChI is InChI=1S/C14H24N4/c1-4-8-15-12-9-13(16-10(3)5-2)18-14(17-12)11-6-7-11/h9-11H,4-8H2,1-3H3,(H2,15,16,17,18). The molecule has 1 saturated carbocycles. The number of rotatable bonds is 7. The number of hydrogen-bond acceptors (Lipinski definition) is 4. The number of nitrogens with one attached hydrogen (secondary N) is 2. The van der Waals surface area contributed by atoms with Gasteiger partial charge in [0.15, 0.2) is 0 Å². The summed E-state index contributed by atoms with van der Waals surface area (Å²) in [6, 6.07) is 2.47. The summed E-state index contributed by atoms with van der Waals surface area (Å²) in [5.41, 5.74) is 0. The molecule has 1 aliphatic rings. The Kier molecular flexibility index (Phi) is 4.39. The molecule has 1 aliphatic carbocycles. The number of hydrogen-bond donors (Lipinski definition) is 2. The average Bonchev–Trinajstić information content (AvgIpc) is 3.20. The fourth-order valence-electron chi connectivity index (χ4n) is 1.76. The van der Waals surface area contributed by atoms with Crippen LogP contribution in [-0.4, -0.2) is 22.6 Å². The van der Waals surface area contributed by atoms with Gasteiger partial charge in [0.2, 0.25) is 0 Å². The van der Waals surface area contributed by atoms with Crippen molar-refractivity contribution in [2.45, 2.75) is 58.4 Å². The molecule has 100 valence electrons. The Hall–Kier alpha value is -1.32. The summed E-state index contributed by atoms with van der Waals surface area (Å²) < 4.78 is 0. The van der Waals surface area contributed by atoms with Gasteiger partial charge in [-0.2, -0.15) is 0 Å². The monoisotopic (exact) mass is 248 g/mol. The highest BCUT2D eigenvalue weighted by molar-refractivity contribution is 5.48. The van der Waals surface area contributed by atoms with E-state index >= 15 is 0 Å². The molecule has 1 fully saturated rings. The van der Waals surface area contributed by atoms with Gasteiger partial charge in [-0.05, 0) is 32.6 Å². The fourth-order valence-corrected chi connectivity index (χ4v) is 1.76. The average molecular weight is 248 g/mol. The lowest BCUT2D eigenvalue weighted by Crippen LogP contribution is -2.16. The van der Waals surface area contributed by atoms with E-state index < -0.39 is 0 Å². The molecule has 0 aliphatic heterocycles. The molecule has 2 rings (SSSR count). The lowest BCUT2D eigenvalue weighted by molar-refractivity contribution is 0.755. The largest absolute Gasteiger partial charge is 0.370 e. The van der Waals surface area contributed by atoms with Crippen LogP contribution < -0.4 is 10.6 Å². The van der Waals surface area contributed by atoms with Crippen molar-refractivity contribution in [1.29, 1.82) is 0 Å². The maximum absolute atomic E-state index is 4.63. The Morgan fingerprint density at radius 3 is 2.61 bits per heavy atom. The van der Waals surface area contributed by atoms with Crippen LogP contribution in [-0.2, 0) is 0 Å². The van der Waals surface area contributed by atoms with Crippen LogP contribution in [0.4, 0.5) is 11.6 Å². The highest BCUT2D eigenvalue weighted by atomic mass is 15.1. The highest BCUT2D eigenvalue weighted by Crippen LogP contribution is 2.38. The van der Waals surface area contributed by atoms with Crippen LogP contribution in [0.1, 0.15) is 58.2 Å². The van der Waals surface area contributed by atoms with Gasteiger partial charge in [0.1, 0.15) is 17.5 Å². The van der Waals surface area contributed by atoms with E-state index in [1.54, 1.807) is 0 Å². The van der Waals surface area contributed by atoms with Crippen LogP contribution >= 0.6 is 0 Å². The molecule has 1 aromatic rings. The van der Waals surface area contributed by atoms with E-state index in [1.165, 1.54) is 12.8 Å². The Balaban J connectivity index is 2.13. The molecule has 4 nitrogen and oxygen atoms in total. The van der Waals surface area contributed by atoms with Crippen molar-refractivity contribution >= 4 is 11.6 Å². The summed E-state index contributed by atoms with van der Waals surface area (Å²) in [6.45, 7) is 7.48. The first-order valence-electron chi connectivity index (χ1n) is 7.12. The van der Waals surface area contributed by atoms with E-state index in [1.807, 2.05) is 6.07 Å². The zero-order chi connectivity index (χ0) is 13.0. The molecule has 0 aromatic carbocycles. The predicted octanol–water partition coefficient (Wildman–Crippen LogP) is 3.39. The van der Waals surface area contributed by atoms with Gasteiger partial charge in [-0.25, -0.2) is 9.97 Å². The normalized spacial score (nSPS) is 16.4. The molecule has 2 N–H and O–H groups in total. The minimum absolute atomic E-state index is 0.450. The number of aromatic nitrogens is 2. The molecular formula is C14H24N4. The lowest BCUT2D eigenvalue weighted by atomic mass is 10.2. The van der Waals surface area contributed by atoms with Gasteiger partial charge in [0.05, 0.1) is 0 Å². The van der Waals surface area contributed by atoms with E-state index in [4.69, 9.17) is 0 Å². The second-order valence-electron chi connectivity index (χ2n) is 5.15. The van der Waals surface area contributed by atoms with Gasteiger partial charge in [-0.15, -0.1) is 0 Å². The summed E-state index contributed by atoms with van der Waals surface area (Å²) >= 11 is 0. The Labute approximate surface area is 110 Å². The molecular weight excluding hydrogens is 224 g/mol. The van der Waals surface area contributed by atoms with Gasteiger partial charge in [-0.3, -0.25) is 0 Å². The molecule has 0 amide bonds. The number of nitrogens with zero attached hydrogens (tertiary/aromatic N) is 2. The van der Waals surface area contributed by atoms with Crippen molar-refractivity contribution in [2.24, 2.45) is 0 Å². The molecule has 1 atom stereocenters. The van der Waals surface area contributed by atoms with Crippen molar-refractivity contribution in [3.63, 3.8) is 0 Å². The van der Waals surface area contributed by atoms with E-state index in [-0.39, 0.29) is 0 Å². The molecule has 1 heterocycles. The van der Waals surface area contributed by atoms with Crippen LogP contribution in [0.2, 0.25) is 0 Å². The maximum atomic E-state index is 4.63. The van der Waals surface area contributed by atoms with Gasteiger partial charge in [0.25, 0.3) is 0 Å². The molecule has 18 heavy (non-hydrogen) atoms. The highest BCUT2D eigenvalue weighted by Gasteiger charge is 2.27. The van der Waals surface area contributed by atoms with Gasteiger partial charge in [0, 0.05) is 24.6 Å². The number of anilines is 2. The van der Waals surface area contributed by atoms with Crippen LogP contribution in [0.15, 0.2) is 6.07 Å². The summed E-state index contributed by atoms with van der Waals surface area (Å²) in [5, 5.41) is 6.80. The van der Waals surface area contributed by atoms with E-state index in [0.717, 1.165) is 36.8 Å². The van der Waals surface area contributed by atoms with Gasteiger partial charge >= 0.3 is 0 Å². The first kappa shape index (κ1) is 13.1. The molecule has 1 aromatic heterocycles. The van der Waals surface area contributed by atoms with Crippen molar-refractivity contribution < 1.29 is 0 Å². The smallest absolute Gasteiger partial charge is 0.136 e. The van der Waals surface area contributed by atoms with Crippen LogP contribution in [0.25, 0.3) is 0 Å². The van der Waals surface area contributed by atoms with Crippen molar-refractivity contribution in [1.82, 2.24) is 9.97 Å². The summed E-state index contributed by atoms with van der Waals surface area (Å²) in [6.07, 6.45) is 4.68. The van der Waals surface area contributed by atoms with Crippen molar-refractivity contribution in [3.8, 4) is 0 Å². The Morgan fingerprint density at radius 2 is 2.00 bits per heavy atom. The third kappa shape index (κ3) is 3.59. The van der Waals surface area contributed by atoms with Crippen molar-refractivity contribution in [3.05, 3.63) is 11.9 Å². The van der Waals surface area contributed by atoms with Gasteiger partial charge < -0.3 is 10.6 Å². The quantitative estimate of drug-likeness (QED) is 0.776. The van der Waals surface area contributed by atoms with Crippen LogP contribution in [0, 0.1) is 0 Å². The summed E-state index contributed by atoms with van der Waals surface area (Å²) in [4.78, 5) is 9.23. The molecule has 4 heteroatoms. The maximum Gasteiger partial charge on any atom is 0.136 e. The van der Waals surface area contributed by atoms with Crippen LogP contribution in [0.5, 0.6) is 0 Å². The van der Waals surface area contributed by atoms with E-state index in [9.17, 15) is 0 Å². The lowest BCUT2D eigenvalue weighted by Gasteiger charge is -2.14. The second kappa shape index (κ2) is 6.03. The summed E-state index contributed by atoms with van der Waals surface area (Å²) in [7, 11) is 0. The third-order valence-corrected chi connectivity index (χ3v) is 3.25. The molecule has 0 spiro atoms. The van der Waals surface area contributed by atoms with E-state index in [2.05, 4.69) is 41.4 Å². The summed E-state index contributed by atoms with van der Waals surface area (Å²) in [5.74, 6) is 3.51. The fraction of sp³-hybridized carbons (Fsp3) is 0.714. The zero-order valence-electron chi connectivity index (χ0n) is 11.7. The Morgan fingerprint density at radius 1 is 1.28 bits per heavy atom. The SMILES string of the molecule is CCCNc1cc(NC(C)CC)nc(C2CC2)n1. The first-order chi connectivity index (χ1) is 8.72.